The Hall–Kier alpha value is -3.52. The topological polar surface area (TPSA) is 84.9 Å². The van der Waals surface area contributed by atoms with Crippen LogP contribution in [0.5, 0.6) is 11.5 Å². The fourth-order valence-electron chi connectivity index (χ4n) is 3.61. The summed E-state index contributed by atoms with van der Waals surface area (Å²) < 4.78 is 39.2. The zero-order valence-corrected chi connectivity index (χ0v) is 21.9. The van der Waals surface area contributed by atoms with Crippen LogP contribution in [0.4, 0.5) is 5.69 Å². The number of amides is 1. The number of hydrogen-bond acceptors (Lipinski definition) is 5. The molecular formula is C28H34N2O5S. The fourth-order valence-corrected chi connectivity index (χ4v) is 5.04. The molecule has 0 radical (unpaired) electrons. The van der Waals surface area contributed by atoms with Crippen LogP contribution < -0.4 is 19.1 Å². The van der Waals surface area contributed by atoms with E-state index in [1.165, 1.54) is 17.7 Å². The highest BCUT2D eigenvalue weighted by Gasteiger charge is 2.27. The van der Waals surface area contributed by atoms with Gasteiger partial charge in [-0.25, -0.2) is 8.42 Å². The Labute approximate surface area is 214 Å². The molecule has 0 atom stereocenters. The molecule has 3 rings (SSSR count). The van der Waals surface area contributed by atoms with E-state index in [1.807, 2.05) is 50.2 Å². The molecule has 0 saturated carbocycles. The third-order valence-electron chi connectivity index (χ3n) is 5.49. The van der Waals surface area contributed by atoms with Crippen molar-refractivity contribution in [3.63, 3.8) is 0 Å². The summed E-state index contributed by atoms with van der Waals surface area (Å²) >= 11 is 0. The molecule has 0 aliphatic heterocycles. The lowest BCUT2D eigenvalue weighted by molar-refractivity contribution is -0.119. The summed E-state index contributed by atoms with van der Waals surface area (Å²) in [5.41, 5.74) is 2.65. The molecule has 0 bridgehead atoms. The fraction of sp³-hybridized carbons (Fsp3) is 0.321. The zero-order chi connectivity index (χ0) is 26.0. The van der Waals surface area contributed by atoms with Crippen LogP contribution in [0, 0.1) is 6.92 Å². The van der Waals surface area contributed by atoms with Gasteiger partial charge in [0.05, 0.1) is 23.7 Å². The van der Waals surface area contributed by atoms with Crippen LogP contribution in [0.2, 0.25) is 0 Å². The monoisotopic (exact) mass is 510 g/mol. The van der Waals surface area contributed by atoms with Crippen molar-refractivity contribution in [2.75, 3.05) is 30.6 Å². The van der Waals surface area contributed by atoms with Crippen molar-refractivity contribution in [1.82, 2.24) is 5.32 Å². The second-order valence-corrected chi connectivity index (χ2v) is 10.2. The van der Waals surface area contributed by atoms with Gasteiger partial charge in [-0.05, 0) is 74.4 Å². The number of sulfonamides is 1. The summed E-state index contributed by atoms with van der Waals surface area (Å²) in [7, 11) is -3.99. The van der Waals surface area contributed by atoms with Crippen LogP contribution in [-0.2, 0) is 21.2 Å². The lowest BCUT2D eigenvalue weighted by atomic mass is 10.1. The largest absolute Gasteiger partial charge is 0.494 e. The molecule has 3 aromatic rings. The van der Waals surface area contributed by atoms with Gasteiger partial charge in [0.1, 0.15) is 24.7 Å². The van der Waals surface area contributed by atoms with Crippen molar-refractivity contribution >= 4 is 21.6 Å². The van der Waals surface area contributed by atoms with E-state index >= 15 is 0 Å². The molecule has 0 aliphatic rings. The summed E-state index contributed by atoms with van der Waals surface area (Å²) in [6, 6.07) is 21.1. The minimum atomic E-state index is -3.99. The maximum atomic E-state index is 13.5. The molecule has 0 aliphatic carbocycles. The van der Waals surface area contributed by atoms with Gasteiger partial charge in [-0.1, -0.05) is 43.2 Å². The SMILES string of the molecule is CCCc1ccc(OCCNC(=O)CN(c2ccc(C)cc2)S(=O)(=O)c2ccc(OCC)cc2)cc1. The number of ether oxygens (including phenoxy) is 2. The number of nitrogens with zero attached hydrogens (tertiary/aromatic N) is 1. The number of anilines is 1. The lowest BCUT2D eigenvalue weighted by Gasteiger charge is -2.24. The third kappa shape index (κ3) is 7.49. The molecule has 0 saturated heterocycles. The molecule has 0 heterocycles. The Morgan fingerprint density at radius 3 is 2.08 bits per heavy atom. The number of aryl methyl sites for hydroxylation is 2. The average molecular weight is 511 g/mol. The third-order valence-corrected chi connectivity index (χ3v) is 7.27. The standard InChI is InChI=1S/C28H34N2O5S/c1-4-6-23-9-13-26(14-10-23)35-20-19-29-28(31)21-30(24-11-7-22(3)8-12-24)36(32,33)27-17-15-25(16-18-27)34-5-2/h7-18H,4-6,19-21H2,1-3H3,(H,29,31). The van der Waals surface area contributed by atoms with Gasteiger partial charge in [-0.3, -0.25) is 9.10 Å². The lowest BCUT2D eigenvalue weighted by Crippen LogP contribution is -2.41. The summed E-state index contributed by atoms with van der Waals surface area (Å²) in [4.78, 5) is 12.8. The minimum absolute atomic E-state index is 0.0779. The highest BCUT2D eigenvalue weighted by molar-refractivity contribution is 7.92. The van der Waals surface area contributed by atoms with E-state index in [0.29, 0.717) is 18.0 Å². The van der Waals surface area contributed by atoms with Gasteiger partial charge in [-0.15, -0.1) is 0 Å². The van der Waals surface area contributed by atoms with Crippen molar-refractivity contribution in [2.24, 2.45) is 0 Å². The van der Waals surface area contributed by atoms with E-state index in [0.717, 1.165) is 28.5 Å². The van der Waals surface area contributed by atoms with Crippen LogP contribution in [0.3, 0.4) is 0 Å². The van der Waals surface area contributed by atoms with E-state index in [-0.39, 0.29) is 24.6 Å². The van der Waals surface area contributed by atoms with E-state index in [9.17, 15) is 13.2 Å². The van der Waals surface area contributed by atoms with Gasteiger partial charge in [0, 0.05) is 0 Å². The van der Waals surface area contributed by atoms with E-state index in [2.05, 4.69) is 12.2 Å². The molecule has 0 spiro atoms. The van der Waals surface area contributed by atoms with Crippen LogP contribution in [0.1, 0.15) is 31.4 Å². The van der Waals surface area contributed by atoms with Crippen molar-refractivity contribution < 1.29 is 22.7 Å². The summed E-state index contributed by atoms with van der Waals surface area (Å²) in [5, 5.41) is 2.76. The van der Waals surface area contributed by atoms with E-state index in [4.69, 9.17) is 9.47 Å². The van der Waals surface area contributed by atoms with Gasteiger partial charge in [0.15, 0.2) is 0 Å². The number of hydrogen-bond donors (Lipinski definition) is 1. The summed E-state index contributed by atoms with van der Waals surface area (Å²) in [5.74, 6) is 0.881. The van der Waals surface area contributed by atoms with E-state index < -0.39 is 15.9 Å². The molecule has 3 aromatic carbocycles. The highest BCUT2D eigenvalue weighted by atomic mass is 32.2. The van der Waals surface area contributed by atoms with Gasteiger partial charge in [0.2, 0.25) is 5.91 Å². The maximum Gasteiger partial charge on any atom is 0.264 e. The molecule has 1 N–H and O–H groups in total. The number of nitrogens with one attached hydrogen (secondary N) is 1. The molecular weight excluding hydrogens is 476 g/mol. The quantitative estimate of drug-likeness (QED) is 0.336. The number of rotatable bonds is 13. The highest BCUT2D eigenvalue weighted by Crippen LogP contribution is 2.25. The van der Waals surface area contributed by atoms with Gasteiger partial charge in [-0.2, -0.15) is 0 Å². The predicted octanol–water partition coefficient (Wildman–Crippen LogP) is 4.74. The second-order valence-electron chi connectivity index (χ2n) is 8.34. The first-order valence-corrected chi connectivity index (χ1v) is 13.6. The first kappa shape index (κ1) is 27.1. The van der Waals surface area contributed by atoms with E-state index in [1.54, 1.807) is 24.3 Å². The predicted molar refractivity (Wildman–Crippen MR) is 142 cm³/mol. The minimum Gasteiger partial charge on any atom is -0.494 e. The van der Waals surface area contributed by atoms with Crippen molar-refractivity contribution in [1.29, 1.82) is 0 Å². The zero-order valence-electron chi connectivity index (χ0n) is 21.1. The van der Waals surface area contributed by atoms with Crippen LogP contribution in [0.15, 0.2) is 77.7 Å². The van der Waals surface area contributed by atoms with Crippen molar-refractivity contribution in [3.8, 4) is 11.5 Å². The number of carbonyl (C=O) groups is 1. The van der Waals surface area contributed by atoms with Crippen LogP contribution >= 0.6 is 0 Å². The second kappa shape index (κ2) is 13.0. The Morgan fingerprint density at radius 2 is 1.47 bits per heavy atom. The maximum absolute atomic E-state index is 13.5. The molecule has 7 nitrogen and oxygen atoms in total. The number of carbonyl (C=O) groups excluding carboxylic acids is 1. The molecule has 1 amide bonds. The molecule has 192 valence electrons. The van der Waals surface area contributed by atoms with Gasteiger partial charge in [0.25, 0.3) is 10.0 Å². The Balaban J connectivity index is 1.66. The molecule has 0 aromatic heterocycles. The molecule has 36 heavy (non-hydrogen) atoms. The van der Waals surface area contributed by atoms with Gasteiger partial charge < -0.3 is 14.8 Å². The summed E-state index contributed by atoms with van der Waals surface area (Å²) in [6.45, 7) is 6.56. The molecule has 0 fully saturated rings. The average Bonchev–Trinajstić information content (AvgIpc) is 2.87. The Kier molecular flexibility index (Phi) is 9.76. The van der Waals surface area contributed by atoms with Crippen molar-refractivity contribution in [3.05, 3.63) is 83.9 Å². The smallest absolute Gasteiger partial charge is 0.264 e. The molecule has 8 heteroatoms. The molecule has 0 unspecified atom stereocenters. The Bertz CT molecular complexity index is 1210. The Morgan fingerprint density at radius 1 is 0.861 bits per heavy atom. The van der Waals surface area contributed by atoms with Crippen molar-refractivity contribution in [2.45, 2.75) is 38.5 Å². The van der Waals surface area contributed by atoms with Crippen LogP contribution in [-0.4, -0.2) is 40.6 Å². The summed E-state index contributed by atoms with van der Waals surface area (Å²) in [6.07, 6.45) is 2.10. The van der Waals surface area contributed by atoms with Crippen LogP contribution in [0.25, 0.3) is 0 Å². The number of benzene rings is 3. The van der Waals surface area contributed by atoms with Gasteiger partial charge >= 0.3 is 0 Å². The first-order chi connectivity index (χ1) is 17.3. The normalized spacial score (nSPS) is 11.1. The first-order valence-electron chi connectivity index (χ1n) is 12.1.